The number of nitrogens with one attached hydrogen (secondary N) is 2. The van der Waals surface area contributed by atoms with Gasteiger partial charge in [0.25, 0.3) is 0 Å². The Balaban J connectivity index is 2.15. The highest BCUT2D eigenvalue weighted by molar-refractivity contribution is 5.95. The minimum absolute atomic E-state index is 0.0314. The van der Waals surface area contributed by atoms with Gasteiger partial charge in [0.2, 0.25) is 5.91 Å². The number of benzene rings is 1. The number of hydrogen-bond acceptors (Lipinski definition) is 4. The maximum Gasteiger partial charge on any atom is 0.224 e. The highest BCUT2D eigenvalue weighted by atomic mass is 16.3. The van der Waals surface area contributed by atoms with E-state index < -0.39 is 5.60 Å². The first-order chi connectivity index (χ1) is 9.47. The van der Waals surface area contributed by atoms with E-state index in [0.29, 0.717) is 31.5 Å². The van der Waals surface area contributed by atoms with Crippen LogP contribution in [-0.4, -0.2) is 23.2 Å². The van der Waals surface area contributed by atoms with E-state index in [1.165, 1.54) is 0 Å². The summed E-state index contributed by atoms with van der Waals surface area (Å²) in [7, 11) is 0. The van der Waals surface area contributed by atoms with E-state index in [2.05, 4.69) is 10.6 Å². The fourth-order valence-electron chi connectivity index (χ4n) is 2.36. The van der Waals surface area contributed by atoms with E-state index in [9.17, 15) is 9.90 Å². The van der Waals surface area contributed by atoms with E-state index in [1.54, 1.807) is 6.07 Å². The summed E-state index contributed by atoms with van der Waals surface area (Å²) in [5.41, 5.74) is 8.58. The molecule has 1 aliphatic heterocycles. The van der Waals surface area contributed by atoms with Crippen LogP contribution in [0.2, 0.25) is 0 Å². The van der Waals surface area contributed by atoms with Gasteiger partial charge in [0, 0.05) is 18.7 Å². The van der Waals surface area contributed by atoms with Crippen LogP contribution in [0.5, 0.6) is 0 Å². The standard InChI is InChI=1S/C15H23N3O2/c1-3-15(20,4-2)9-17-13-7-10-5-6-14(19)18-12(10)8-11(13)16/h7-8,17,20H,3-6,9,16H2,1-2H3,(H,18,19). The molecule has 1 aliphatic rings. The highest BCUT2D eigenvalue weighted by Gasteiger charge is 2.23. The van der Waals surface area contributed by atoms with Gasteiger partial charge in [-0.1, -0.05) is 13.8 Å². The second-order valence-corrected chi connectivity index (χ2v) is 5.43. The van der Waals surface area contributed by atoms with E-state index in [1.807, 2.05) is 19.9 Å². The Morgan fingerprint density at radius 1 is 1.35 bits per heavy atom. The Labute approximate surface area is 119 Å². The lowest BCUT2D eigenvalue weighted by Crippen LogP contribution is -2.35. The molecule has 0 bridgehead atoms. The average molecular weight is 277 g/mol. The molecule has 0 radical (unpaired) electrons. The highest BCUT2D eigenvalue weighted by Crippen LogP contribution is 2.31. The lowest BCUT2D eigenvalue weighted by atomic mass is 9.97. The van der Waals surface area contributed by atoms with Gasteiger partial charge in [-0.3, -0.25) is 4.79 Å². The van der Waals surface area contributed by atoms with Crippen LogP contribution in [0.1, 0.15) is 38.7 Å². The van der Waals surface area contributed by atoms with Crippen LogP contribution in [0.25, 0.3) is 0 Å². The van der Waals surface area contributed by atoms with Crippen LogP contribution in [0.3, 0.4) is 0 Å². The van der Waals surface area contributed by atoms with Crippen molar-refractivity contribution in [2.45, 2.75) is 45.1 Å². The predicted octanol–water partition coefficient (Wildman–Crippen LogP) is 2.12. The smallest absolute Gasteiger partial charge is 0.224 e. The molecule has 0 saturated carbocycles. The second kappa shape index (κ2) is 5.71. The number of aryl methyl sites for hydroxylation is 1. The maximum atomic E-state index is 11.4. The first-order valence-corrected chi connectivity index (χ1v) is 7.16. The van der Waals surface area contributed by atoms with Gasteiger partial charge in [-0.25, -0.2) is 0 Å². The molecule has 5 nitrogen and oxygen atoms in total. The maximum absolute atomic E-state index is 11.4. The number of carbonyl (C=O) groups excluding carboxylic acids is 1. The predicted molar refractivity (Wildman–Crippen MR) is 81.8 cm³/mol. The molecule has 2 rings (SSSR count). The number of anilines is 3. The van der Waals surface area contributed by atoms with Crippen molar-refractivity contribution in [3.05, 3.63) is 17.7 Å². The normalized spacial score (nSPS) is 14.7. The molecule has 110 valence electrons. The van der Waals surface area contributed by atoms with Crippen LogP contribution in [0.4, 0.5) is 17.1 Å². The van der Waals surface area contributed by atoms with Crippen molar-refractivity contribution in [1.82, 2.24) is 0 Å². The third kappa shape index (κ3) is 3.04. The summed E-state index contributed by atoms with van der Waals surface area (Å²) in [6.07, 6.45) is 2.61. The summed E-state index contributed by atoms with van der Waals surface area (Å²) in [6.45, 7) is 4.41. The minimum Gasteiger partial charge on any atom is -0.397 e. The zero-order valence-corrected chi connectivity index (χ0v) is 12.1. The number of hydrogen-bond donors (Lipinski definition) is 4. The largest absolute Gasteiger partial charge is 0.397 e. The summed E-state index contributed by atoms with van der Waals surface area (Å²) in [5.74, 6) is 0.0314. The van der Waals surface area contributed by atoms with Gasteiger partial charge < -0.3 is 21.5 Å². The molecule has 0 atom stereocenters. The number of carbonyl (C=O) groups is 1. The van der Waals surface area contributed by atoms with Crippen LogP contribution < -0.4 is 16.4 Å². The number of aliphatic hydroxyl groups is 1. The zero-order valence-electron chi connectivity index (χ0n) is 12.1. The minimum atomic E-state index is -0.712. The molecule has 5 N–H and O–H groups in total. The van der Waals surface area contributed by atoms with Gasteiger partial charge in [-0.2, -0.15) is 0 Å². The lowest BCUT2D eigenvalue weighted by Gasteiger charge is -2.27. The average Bonchev–Trinajstić information content (AvgIpc) is 2.44. The van der Waals surface area contributed by atoms with E-state index in [4.69, 9.17) is 5.73 Å². The second-order valence-electron chi connectivity index (χ2n) is 5.43. The topological polar surface area (TPSA) is 87.4 Å². The third-order valence-electron chi connectivity index (χ3n) is 4.09. The summed E-state index contributed by atoms with van der Waals surface area (Å²) in [4.78, 5) is 11.4. The van der Waals surface area contributed by atoms with Crippen molar-refractivity contribution >= 4 is 23.0 Å². The Bertz CT molecular complexity index is 510. The number of nitrogens with two attached hydrogens (primary N) is 1. The molecule has 5 heteroatoms. The van der Waals surface area contributed by atoms with Gasteiger partial charge >= 0.3 is 0 Å². The van der Waals surface area contributed by atoms with Crippen LogP contribution in [0.15, 0.2) is 12.1 Å². The number of nitrogen functional groups attached to an aromatic ring is 1. The molecule has 1 amide bonds. The Hall–Kier alpha value is -1.75. The van der Waals surface area contributed by atoms with Gasteiger partial charge in [0.1, 0.15) is 0 Å². The monoisotopic (exact) mass is 277 g/mol. The van der Waals surface area contributed by atoms with Crippen molar-refractivity contribution in [2.75, 3.05) is 22.9 Å². The zero-order chi connectivity index (χ0) is 14.8. The molecule has 0 aromatic heterocycles. The van der Waals surface area contributed by atoms with Crippen molar-refractivity contribution in [3.8, 4) is 0 Å². The first-order valence-electron chi connectivity index (χ1n) is 7.16. The number of fused-ring (bicyclic) bond motifs is 1. The number of amides is 1. The Morgan fingerprint density at radius 3 is 2.70 bits per heavy atom. The molecular weight excluding hydrogens is 254 g/mol. The van der Waals surface area contributed by atoms with Crippen molar-refractivity contribution in [1.29, 1.82) is 0 Å². The first kappa shape index (κ1) is 14.7. The molecular formula is C15H23N3O2. The summed E-state index contributed by atoms with van der Waals surface area (Å²) in [6, 6.07) is 3.75. The summed E-state index contributed by atoms with van der Waals surface area (Å²) >= 11 is 0. The Morgan fingerprint density at radius 2 is 2.05 bits per heavy atom. The van der Waals surface area contributed by atoms with E-state index in [-0.39, 0.29) is 5.91 Å². The molecule has 20 heavy (non-hydrogen) atoms. The van der Waals surface area contributed by atoms with Gasteiger partial charge in [-0.15, -0.1) is 0 Å². The molecule has 1 heterocycles. The third-order valence-corrected chi connectivity index (χ3v) is 4.09. The molecule has 0 aliphatic carbocycles. The molecule has 1 aromatic rings. The molecule has 0 unspecified atom stereocenters. The van der Waals surface area contributed by atoms with Gasteiger partial charge in [0.15, 0.2) is 0 Å². The SMILES string of the molecule is CCC(O)(CC)CNc1cc2c(cc1N)NC(=O)CC2. The Kier molecular flexibility index (Phi) is 4.18. The van der Waals surface area contributed by atoms with Crippen LogP contribution in [0, 0.1) is 0 Å². The molecule has 0 fully saturated rings. The molecule has 0 spiro atoms. The fourth-order valence-corrected chi connectivity index (χ4v) is 2.36. The van der Waals surface area contributed by atoms with E-state index >= 15 is 0 Å². The van der Waals surface area contributed by atoms with E-state index in [0.717, 1.165) is 23.4 Å². The van der Waals surface area contributed by atoms with Crippen molar-refractivity contribution < 1.29 is 9.90 Å². The lowest BCUT2D eigenvalue weighted by molar-refractivity contribution is -0.116. The quantitative estimate of drug-likeness (QED) is 0.621. The summed E-state index contributed by atoms with van der Waals surface area (Å²) < 4.78 is 0. The molecule has 0 saturated heterocycles. The summed E-state index contributed by atoms with van der Waals surface area (Å²) in [5, 5.41) is 16.3. The van der Waals surface area contributed by atoms with Gasteiger partial charge in [0.05, 0.1) is 17.0 Å². The molecule has 1 aromatic carbocycles. The van der Waals surface area contributed by atoms with Crippen LogP contribution >= 0.6 is 0 Å². The van der Waals surface area contributed by atoms with Gasteiger partial charge in [-0.05, 0) is 37.0 Å². The fraction of sp³-hybridized carbons (Fsp3) is 0.533. The van der Waals surface area contributed by atoms with Crippen molar-refractivity contribution in [3.63, 3.8) is 0 Å². The van der Waals surface area contributed by atoms with Crippen molar-refractivity contribution in [2.24, 2.45) is 0 Å². The number of rotatable bonds is 5. The van der Waals surface area contributed by atoms with Crippen LogP contribution in [-0.2, 0) is 11.2 Å².